The van der Waals surface area contributed by atoms with Crippen LogP contribution in [0.4, 0.5) is 0 Å². The molecule has 0 heterocycles. The first-order valence-electron chi connectivity index (χ1n) is 7.90. The topological polar surface area (TPSA) is 0 Å². The molecule has 0 N–H and O–H groups in total. The number of hydrogen-bond acceptors (Lipinski definition) is 0. The molecule has 2 aliphatic carbocycles. The highest BCUT2D eigenvalue weighted by molar-refractivity contribution is 4.92. The van der Waals surface area contributed by atoms with Crippen molar-refractivity contribution in [2.24, 2.45) is 23.7 Å². The first-order valence-corrected chi connectivity index (χ1v) is 7.90. The van der Waals surface area contributed by atoms with Crippen LogP contribution in [0.25, 0.3) is 0 Å². The summed E-state index contributed by atoms with van der Waals surface area (Å²) in [5.74, 6) is 3.90. The van der Waals surface area contributed by atoms with Gasteiger partial charge in [-0.05, 0) is 55.8 Å². The van der Waals surface area contributed by atoms with Gasteiger partial charge in [-0.2, -0.15) is 0 Å². The van der Waals surface area contributed by atoms with E-state index >= 15 is 0 Å². The average Bonchev–Trinajstić information content (AvgIpc) is 2.34. The average molecular weight is 234 g/mol. The van der Waals surface area contributed by atoms with Crippen LogP contribution >= 0.6 is 0 Å². The van der Waals surface area contributed by atoms with Gasteiger partial charge in [-0.1, -0.05) is 51.7 Å². The lowest BCUT2D eigenvalue weighted by Crippen LogP contribution is -2.12. The Bertz CT molecular complexity index is 224. The fourth-order valence-electron chi connectivity index (χ4n) is 3.51. The second-order valence-electron chi connectivity index (χ2n) is 6.81. The van der Waals surface area contributed by atoms with E-state index < -0.39 is 0 Å². The molecule has 0 aromatic carbocycles. The molecule has 2 rings (SSSR count). The molecule has 2 aliphatic rings. The number of rotatable bonds is 3. The summed E-state index contributed by atoms with van der Waals surface area (Å²) in [6.45, 7) is 4.82. The molecule has 0 spiro atoms. The van der Waals surface area contributed by atoms with Crippen LogP contribution in [-0.2, 0) is 0 Å². The molecule has 0 aromatic heterocycles. The number of allylic oxidation sites excluding steroid dienone is 2. The molecule has 0 atom stereocenters. The van der Waals surface area contributed by atoms with Crippen LogP contribution < -0.4 is 0 Å². The summed E-state index contributed by atoms with van der Waals surface area (Å²) in [6, 6.07) is 0. The molecule has 98 valence electrons. The monoisotopic (exact) mass is 234 g/mol. The van der Waals surface area contributed by atoms with Crippen LogP contribution in [0.1, 0.15) is 71.6 Å². The van der Waals surface area contributed by atoms with Crippen molar-refractivity contribution in [2.75, 3.05) is 0 Å². The molecule has 0 nitrogen and oxygen atoms in total. The molecule has 0 aliphatic heterocycles. The Labute approximate surface area is 108 Å². The van der Waals surface area contributed by atoms with E-state index in [0.717, 1.165) is 23.7 Å². The van der Waals surface area contributed by atoms with Gasteiger partial charge >= 0.3 is 0 Å². The van der Waals surface area contributed by atoms with E-state index in [2.05, 4.69) is 26.0 Å². The van der Waals surface area contributed by atoms with Crippen LogP contribution in [0.2, 0.25) is 0 Å². The van der Waals surface area contributed by atoms with Crippen LogP contribution in [0, 0.1) is 23.7 Å². The summed E-state index contributed by atoms with van der Waals surface area (Å²) >= 11 is 0. The van der Waals surface area contributed by atoms with E-state index in [0.29, 0.717) is 0 Å². The molecule has 0 bridgehead atoms. The van der Waals surface area contributed by atoms with Crippen molar-refractivity contribution in [3.8, 4) is 0 Å². The highest BCUT2D eigenvalue weighted by atomic mass is 14.2. The lowest BCUT2D eigenvalue weighted by Gasteiger charge is -2.26. The predicted molar refractivity (Wildman–Crippen MR) is 76.0 cm³/mol. The lowest BCUT2D eigenvalue weighted by molar-refractivity contribution is 0.290. The first kappa shape index (κ1) is 13.2. The summed E-state index contributed by atoms with van der Waals surface area (Å²) in [5.41, 5.74) is 0. The molecule has 0 radical (unpaired) electrons. The van der Waals surface area contributed by atoms with Gasteiger partial charge in [-0.25, -0.2) is 0 Å². The van der Waals surface area contributed by atoms with Crippen molar-refractivity contribution in [3.05, 3.63) is 12.2 Å². The van der Waals surface area contributed by atoms with E-state index in [4.69, 9.17) is 0 Å². The molecular weight excluding hydrogens is 204 g/mol. The van der Waals surface area contributed by atoms with Gasteiger partial charge in [0.1, 0.15) is 0 Å². The van der Waals surface area contributed by atoms with Crippen molar-refractivity contribution in [2.45, 2.75) is 71.6 Å². The highest BCUT2D eigenvalue weighted by Crippen LogP contribution is 2.32. The molecule has 0 amide bonds. The fraction of sp³-hybridized carbons (Fsp3) is 0.882. The minimum Gasteiger partial charge on any atom is -0.0880 e. The minimum absolute atomic E-state index is 0.911. The van der Waals surface area contributed by atoms with Gasteiger partial charge in [-0.15, -0.1) is 0 Å². The third kappa shape index (κ3) is 4.48. The lowest BCUT2D eigenvalue weighted by atomic mass is 9.80. The van der Waals surface area contributed by atoms with E-state index in [1.807, 2.05) is 0 Å². The van der Waals surface area contributed by atoms with E-state index in [-0.39, 0.29) is 0 Å². The molecule has 2 fully saturated rings. The Balaban J connectivity index is 1.64. The van der Waals surface area contributed by atoms with Crippen molar-refractivity contribution in [1.29, 1.82) is 0 Å². The van der Waals surface area contributed by atoms with Gasteiger partial charge in [0.25, 0.3) is 0 Å². The molecule has 0 unspecified atom stereocenters. The van der Waals surface area contributed by atoms with E-state index in [9.17, 15) is 0 Å². The Morgan fingerprint density at radius 1 is 0.765 bits per heavy atom. The normalized spacial score (nSPS) is 39.6. The molecule has 0 heteroatoms. The molecule has 0 saturated heterocycles. The summed E-state index contributed by atoms with van der Waals surface area (Å²) in [7, 11) is 0. The molecular formula is C17H30. The van der Waals surface area contributed by atoms with Crippen molar-refractivity contribution >= 4 is 0 Å². The maximum absolute atomic E-state index is 2.55. The first-order chi connectivity index (χ1) is 8.24. The SMILES string of the molecule is CC1CCC(C=CCC2CCC(C)CC2)CC1. The highest BCUT2D eigenvalue weighted by Gasteiger charge is 2.18. The Kier molecular flexibility index (Phi) is 5.13. The number of hydrogen-bond donors (Lipinski definition) is 0. The quantitative estimate of drug-likeness (QED) is 0.559. The fourth-order valence-corrected chi connectivity index (χ4v) is 3.51. The van der Waals surface area contributed by atoms with Gasteiger partial charge < -0.3 is 0 Å². The molecule has 2 saturated carbocycles. The van der Waals surface area contributed by atoms with Gasteiger partial charge in [0.2, 0.25) is 0 Å². The largest absolute Gasteiger partial charge is 0.0880 e. The zero-order valence-electron chi connectivity index (χ0n) is 11.8. The summed E-state index contributed by atoms with van der Waals surface area (Å²) < 4.78 is 0. The van der Waals surface area contributed by atoms with Crippen LogP contribution in [0.3, 0.4) is 0 Å². The van der Waals surface area contributed by atoms with E-state index in [1.54, 1.807) is 0 Å². The summed E-state index contributed by atoms with van der Waals surface area (Å²) in [5, 5.41) is 0. The van der Waals surface area contributed by atoms with Crippen LogP contribution in [0.5, 0.6) is 0 Å². The second-order valence-corrected chi connectivity index (χ2v) is 6.81. The third-order valence-corrected chi connectivity index (χ3v) is 5.07. The van der Waals surface area contributed by atoms with E-state index in [1.165, 1.54) is 57.8 Å². The van der Waals surface area contributed by atoms with Crippen molar-refractivity contribution < 1.29 is 0 Å². The molecule has 0 aromatic rings. The standard InChI is InChI=1S/C17H30/c1-14-6-10-16(11-7-14)4-3-5-17-12-8-15(2)9-13-17/h3-4,14-17H,5-13H2,1-2H3. The Morgan fingerprint density at radius 3 is 1.88 bits per heavy atom. The summed E-state index contributed by atoms with van der Waals surface area (Å²) in [4.78, 5) is 0. The van der Waals surface area contributed by atoms with Crippen molar-refractivity contribution in [1.82, 2.24) is 0 Å². The Hall–Kier alpha value is -0.260. The van der Waals surface area contributed by atoms with Crippen molar-refractivity contribution in [3.63, 3.8) is 0 Å². The van der Waals surface area contributed by atoms with Gasteiger partial charge in [0, 0.05) is 0 Å². The zero-order chi connectivity index (χ0) is 12.1. The van der Waals surface area contributed by atoms with Gasteiger partial charge in [0.05, 0.1) is 0 Å². The minimum atomic E-state index is 0.911. The maximum atomic E-state index is 2.55. The predicted octanol–water partition coefficient (Wildman–Crippen LogP) is 5.59. The van der Waals surface area contributed by atoms with Gasteiger partial charge in [-0.3, -0.25) is 0 Å². The molecule has 17 heavy (non-hydrogen) atoms. The Morgan fingerprint density at radius 2 is 1.29 bits per heavy atom. The maximum Gasteiger partial charge on any atom is -0.0233 e. The smallest absolute Gasteiger partial charge is 0.0233 e. The second kappa shape index (κ2) is 6.61. The zero-order valence-corrected chi connectivity index (χ0v) is 11.8. The summed E-state index contributed by atoms with van der Waals surface area (Å²) in [6.07, 6.45) is 18.1. The third-order valence-electron chi connectivity index (χ3n) is 5.07. The van der Waals surface area contributed by atoms with Crippen LogP contribution in [0.15, 0.2) is 12.2 Å². The van der Waals surface area contributed by atoms with Gasteiger partial charge in [0.15, 0.2) is 0 Å². The van der Waals surface area contributed by atoms with Crippen LogP contribution in [-0.4, -0.2) is 0 Å².